The number of anilines is 1. The van der Waals surface area contributed by atoms with Gasteiger partial charge in [0, 0.05) is 11.6 Å². The van der Waals surface area contributed by atoms with Gasteiger partial charge in [-0.15, -0.1) is 0 Å². The van der Waals surface area contributed by atoms with Crippen LogP contribution < -0.4 is 9.64 Å². The van der Waals surface area contributed by atoms with E-state index in [1.165, 1.54) is 24.3 Å². The number of benzene rings is 3. The van der Waals surface area contributed by atoms with Crippen LogP contribution in [-0.4, -0.2) is 33.0 Å². The standard InChI is InChI=1S/C27H20F2N2O5S/c1-13(2)36-18-5-3-4-15(10-18)24(33)21-23(14-6-8-17(32)9-7-14)31(26(35)25(21)34)27-30-22-19(29)11-16(28)12-20(22)37-27/h3-13,23,32-33H,1-2H3/b24-21+. The first-order valence-electron chi connectivity index (χ1n) is 11.3. The molecule has 0 aliphatic carbocycles. The predicted octanol–water partition coefficient (Wildman–Crippen LogP) is 5.69. The lowest BCUT2D eigenvalue weighted by atomic mass is 9.95. The van der Waals surface area contributed by atoms with Gasteiger partial charge in [-0.3, -0.25) is 14.5 Å². The van der Waals surface area contributed by atoms with Gasteiger partial charge in [0.15, 0.2) is 10.9 Å². The maximum atomic E-state index is 14.4. The van der Waals surface area contributed by atoms with Gasteiger partial charge < -0.3 is 14.9 Å². The normalized spacial score (nSPS) is 17.2. The first-order chi connectivity index (χ1) is 17.6. The number of halogens is 2. The van der Waals surface area contributed by atoms with Gasteiger partial charge in [-0.1, -0.05) is 35.6 Å². The largest absolute Gasteiger partial charge is 0.508 e. The van der Waals surface area contributed by atoms with Gasteiger partial charge in [0.1, 0.15) is 28.6 Å². The van der Waals surface area contributed by atoms with Crippen LogP contribution in [0.2, 0.25) is 0 Å². The number of hydrogen-bond donors (Lipinski definition) is 2. The van der Waals surface area contributed by atoms with Crippen LogP contribution in [0.25, 0.3) is 16.0 Å². The minimum Gasteiger partial charge on any atom is -0.508 e. The number of ketones is 1. The zero-order chi connectivity index (χ0) is 26.4. The number of phenolic OH excluding ortho intramolecular Hbond substituents is 1. The molecule has 10 heteroatoms. The molecule has 0 saturated carbocycles. The third kappa shape index (κ3) is 4.40. The number of Topliss-reactive ketones (excluding diaryl/α,β-unsaturated/α-hetero) is 1. The Balaban J connectivity index is 1.71. The van der Waals surface area contributed by atoms with Crippen molar-refractivity contribution in [2.24, 2.45) is 0 Å². The number of fused-ring (bicyclic) bond motifs is 1. The third-order valence-corrected chi connectivity index (χ3v) is 6.74. The van der Waals surface area contributed by atoms with Crippen LogP contribution in [0.15, 0.2) is 66.2 Å². The fraction of sp³-hybridized carbons (Fsp3) is 0.148. The Hall–Kier alpha value is -4.31. The van der Waals surface area contributed by atoms with Crippen LogP contribution in [0.4, 0.5) is 13.9 Å². The number of carbonyl (C=O) groups excluding carboxylic acids is 2. The topological polar surface area (TPSA) is 100.0 Å². The number of carbonyl (C=O) groups is 2. The number of aliphatic hydroxyl groups is 1. The summed E-state index contributed by atoms with van der Waals surface area (Å²) in [5.41, 5.74) is 0.269. The lowest BCUT2D eigenvalue weighted by Gasteiger charge is -2.23. The SMILES string of the molecule is CC(C)Oc1cccc(/C(O)=C2\C(=O)C(=O)N(c3nc4c(F)cc(F)cc4s3)C2c2ccc(O)cc2)c1. The zero-order valence-electron chi connectivity index (χ0n) is 19.6. The molecule has 0 radical (unpaired) electrons. The third-order valence-electron chi connectivity index (χ3n) is 5.74. The van der Waals surface area contributed by atoms with E-state index < -0.39 is 35.1 Å². The summed E-state index contributed by atoms with van der Waals surface area (Å²) < 4.78 is 34.0. The average Bonchev–Trinajstić information content (AvgIpc) is 3.37. The monoisotopic (exact) mass is 522 g/mol. The Bertz CT molecular complexity index is 1580. The van der Waals surface area contributed by atoms with Crippen LogP contribution in [0.3, 0.4) is 0 Å². The average molecular weight is 523 g/mol. The Labute approximate surface area is 213 Å². The zero-order valence-corrected chi connectivity index (χ0v) is 20.4. The molecule has 3 aromatic carbocycles. The number of ether oxygens (including phenoxy) is 1. The number of hydrogen-bond acceptors (Lipinski definition) is 7. The maximum Gasteiger partial charge on any atom is 0.301 e. The molecule has 1 atom stereocenters. The van der Waals surface area contributed by atoms with Gasteiger partial charge in [-0.05, 0) is 49.7 Å². The van der Waals surface area contributed by atoms with E-state index in [1.54, 1.807) is 24.3 Å². The minimum absolute atomic E-state index is 0.0447. The summed E-state index contributed by atoms with van der Waals surface area (Å²) in [6.07, 6.45) is -0.135. The van der Waals surface area contributed by atoms with Gasteiger partial charge in [-0.2, -0.15) is 0 Å². The smallest absolute Gasteiger partial charge is 0.301 e. The summed E-state index contributed by atoms with van der Waals surface area (Å²) in [6.45, 7) is 3.69. The summed E-state index contributed by atoms with van der Waals surface area (Å²) in [5, 5.41) is 21.0. The fourth-order valence-corrected chi connectivity index (χ4v) is 5.23. The molecule has 1 amide bonds. The fourth-order valence-electron chi connectivity index (χ4n) is 4.19. The van der Waals surface area contributed by atoms with E-state index in [2.05, 4.69) is 4.98 Å². The van der Waals surface area contributed by atoms with Gasteiger partial charge in [0.05, 0.1) is 22.4 Å². The van der Waals surface area contributed by atoms with E-state index in [4.69, 9.17) is 4.74 Å². The molecule has 5 rings (SSSR count). The quantitative estimate of drug-likeness (QED) is 0.198. The molecule has 1 unspecified atom stereocenters. The Morgan fingerprint density at radius 2 is 1.81 bits per heavy atom. The Morgan fingerprint density at radius 1 is 1.08 bits per heavy atom. The first-order valence-corrected chi connectivity index (χ1v) is 12.1. The van der Waals surface area contributed by atoms with Gasteiger partial charge in [-0.25, -0.2) is 13.8 Å². The van der Waals surface area contributed by atoms with E-state index in [1.807, 2.05) is 13.8 Å². The van der Waals surface area contributed by atoms with Crippen molar-refractivity contribution in [3.8, 4) is 11.5 Å². The lowest BCUT2D eigenvalue weighted by molar-refractivity contribution is -0.132. The van der Waals surface area contributed by atoms with Crippen molar-refractivity contribution >= 4 is 44.1 Å². The van der Waals surface area contributed by atoms with Crippen molar-refractivity contribution in [2.45, 2.75) is 26.0 Å². The molecule has 37 heavy (non-hydrogen) atoms. The van der Waals surface area contributed by atoms with E-state index in [9.17, 15) is 28.6 Å². The predicted molar refractivity (Wildman–Crippen MR) is 135 cm³/mol. The van der Waals surface area contributed by atoms with Crippen molar-refractivity contribution in [1.82, 2.24) is 4.98 Å². The van der Waals surface area contributed by atoms with Crippen LogP contribution >= 0.6 is 11.3 Å². The lowest BCUT2D eigenvalue weighted by Crippen LogP contribution is -2.29. The highest BCUT2D eigenvalue weighted by atomic mass is 32.1. The van der Waals surface area contributed by atoms with Crippen LogP contribution in [0.1, 0.15) is 31.0 Å². The molecule has 1 aliphatic rings. The molecule has 0 bridgehead atoms. The summed E-state index contributed by atoms with van der Waals surface area (Å²) in [4.78, 5) is 31.8. The number of thiazole rings is 1. The molecule has 4 aromatic rings. The molecule has 1 saturated heterocycles. The van der Waals surface area contributed by atoms with Gasteiger partial charge >= 0.3 is 5.91 Å². The van der Waals surface area contributed by atoms with E-state index >= 15 is 0 Å². The summed E-state index contributed by atoms with van der Waals surface area (Å²) >= 11 is 0.837. The number of amides is 1. The van der Waals surface area contributed by atoms with Gasteiger partial charge in [0.2, 0.25) is 0 Å². The number of aromatic hydroxyl groups is 1. The number of rotatable bonds is 5. The van der Waals surface area contributed by atoms with Crippen molar-refractivity contribution in [2.75, 3.05) is 4.90 Å². The van der Waals surface area contributed by atoms with Crippen LogP contribution in [-0.2, 0) is 9.59 Å². The maximum absolute atomic E-state index is 14.4. The molecule has 188 valence electrons. The van der Waals surface area contributed by atoms with E-state index in [0.717, 1.165) is 22.3 Å². The van der Waals surface area contributed by atoms with Crippen LogP contribution in [0, 0.1) is 11.6 Å². The molecule has 1 aliphatic heterocycles. The number of aliphatic hydroxyl groups excluding tert-OH is 1. The number of aromatic nitrogens is 1. The molecule has 1 aromatic heterocycles. The summed E-state index contributed by atoms with van der Waals surface area (Å²) in [5.74, 6) is -3.70. The second-order valence-corrected chi connectivity index (χ2v) is 9.69. The van der Waals surface area contributed by atoms with Crippen LogP contribution in [0.5, 0.6) is 11.5 Å². The van der Waals surface area contributed by atoms with Crippen molar-refractivity contribution in [3.05, 3.63) is 89.0 Å². The number of nitrogens with zero attached hydrogens (tertiary/aromatic N) is 2. The van der Waals surface area contributed by atoms with Crippen molar-refractivity contribution in [1.29, 1.82) is 0 Å². The van der Waals surface area contributed by atoms with E-state index in [0.29, 0.717) is 17.4 Å². The molecule has 2 heterocycles. The Morgan fingerprint density at radius 3 is 2.51 bits per heavy atom. The Kier molecular flexibility index (Phi) is 6.12. The van der Waals surface area contributed by atoms with E-state index in [-0.39, 0.29) is 38.3 Å². The second-order valence-electron chi connectivity index (χ2n) is 8.69. The molecular weight excluding hydrogens is 502 g/mol. The highest BCUT2D eigenvalue weighted by molar-refractivity contribution is 7.22. The highest BCUT2D eigenvalue weighted by Crippen LogP contribution is 2.45. The van der Waals surface area contributed by atoms with Crippen molar-refractivity contribution < 1.29 is 33.3 Å². The molecule has 7 nitrogen and oxygen atoms in total. The second kappa shape index (κ2) is 9.29. The molecule has 0 spiro atoms. The molecule has 2 N–H and O–H groups in total. The number of phenols is 1. The summed E-state index contributed by atoms with van der Waals surface area (Å²) in [6, 6.07) is 12.8. The molecule has 1 fully saturated rings. The van der Waals surface area contributed by atoms with Crippen molar-refractivity contribution in [3.63, 3.8) is 0 Å². The minimum atomic E-state index is -1.15. The van der Waals surface area contributed by atoms with Gasteiger partial charge in [0.25, 0.3) is 5.78 Å². The first kappa shape index (κ1) is 24.4. The highest BCUT2D eigenvalue weighted by Gasteiger charge is 2.48. The summed E-state index contributed by atoms with van der Waals surface area (Å²) in [7, 11) is 0. The molecular formula is C27H20F2N2O5S.